The Hall–Kier alpha value is -2.21. The summed E-state index contributed by atoms with van der Waals surface area (Å²) < 4.78 is 5.05. The van der Waals surface area contributed by atoms with Crippen molar-refractivity contribution in [2.24, 2.45) is 5.73 Å². The zero-order chi connectivity index (χ0) is 16.9. The lowest BCUT2D eigenvalue weighted by atomic mass is 10.0. The number of hydrogen-bond acceptors (Lipinski definition) is 5. The van der Waals surface area contributed by atoms with Crippen LogP contribution in [0.2, 0.25) is 0 Å². The summed E-state index contributed by atoms with van der Waals surface area (Å²) in [6, 6.07) is 19.3. The van der Waals surface area contributed by atoms with Gasteiger partial charge in [0.25, 0.3) is 0 Å². The summed E-state index contributed by atoms with van der Waals surface area (Å²) >= 11 is 0. The smallest absolute Gasteiger partial charge is 0.240 e. The molecule has 1 atom stereocenters. The largest absolute Gasteiger partial charge is 0.338 e. The predicted octanol–water partition coefficient (Wildman–Crippen LogP) is 3.81. The third-order valence-corrected chi connectivity index (χ3v) is 4.24. The van der Waals surface area contributed by atoms with Crippen molar-refractivity contribution in [2.75, 3.05) is 7.05 Å². The quantitative estimate of drug-likeness (QED) is 0.725. The molecule has 1 aromatic heterocycles. The van der Waals surface area contributed by atoms with Crippen LogP contribution in [0.3, 0.4) is 0 Å². The molecule has 6 heteroatoms. The molecule has 5 nitrogen and oxygen atoms in total. The fourth-order valence-electron chi connectivity index (χ4n) is 2.64. The van der Waals surface area contributed by atoms with Gasteiger partial charge in [0.1, 0.15) is 0 Å². The molecule has 0 amide bonds. The first-order valence-corrected chi connectivity index (χ1v) is 8.04. The first-order valence-electron chi connectivity index (χ1n) is 8.04. The molecule has 0 bridgehead atoms. The fourth-order valence-corrected chi connectivity index (χ4v) is 2.64. The zero-order valence-corrected chi connectivity index (χ0v) is 15.2. The lowest BCUT2D eigenvalue weighted by Crippen LogP contribution is -2.22. The van der Waals surface area contributed by atoms with Gasteiger partial charge in [-0.15, -0.1) is 12.4 Å². The average Bonchev–Trinajstić information content (AvgIpc) is 3.09. The van der Waals surface area contributed by atoms with Gasteiger partial charge in [0.05, 0.1) is 13.1 Å². The van der Waals surface area contributed by atoms with Gasteiger partial charge in [-0.25, -0.2) is 0 Å². The Morgan fingerprint density at radius 3 is 2.28 bits per heavy atom. The number of hydrogen-bond donors (Lipinski definition) is 1. The number of rotatable bonds is 6. The highest BCUT2D eigenvalue weighted by molar-refractivity contribution is 5.85. The molecule has 3 aromatic rings. The number of benzene rings is 2. The monoisotopic (exact) mass is 358 g/mol. The third-order valence-electron chi connectivity index (χ3n) is 4.24. The van der Waals surface area contributed by atoms with Crippen molar-refractivity contribution >= 4 is 12.4 Å². The van der Waals surface area contributed by atoms with Crippen molar-refractivity contribution in [2.45, 2.75) is 26.1 Å². The van der Waals surface area contributed by atoms with Crippen LogP contribution in [0.25, 0.3) is 11.1 Å². The van der Waals surface area contributed by atoms with Crippen LogP contribution in [0.15, 0.2) is 59.1 Å². The van der Waals surface area contributed by atoms with E-state index >= 15 is 0 Å². The van der Waals surface area contributed by atoms with Gasteiger partial charge in [-0.1, -0.05) is 59.8 Å². The van der Waals surface area contributed by atoms with Crippen LogP contribution >= 0.6 is 12.4 Å². The molecule has 0 radical (unpaired) electrons. The fraction of sp³-hybridized carbons (Fsp3) is 0.263. The summed E-state index contributed by atoms with van der Waals surface area (Å²) in [7, 11) is 2.05. The molecule has 0 saturated carbocycles. The van der Waals surface area contributed by atoms with Gasteiger partial charge >= 0.3 is 0 Å². The molecule has 0 fully saturated rings. The standard InChI is InChI=1S/C19H22N4O.ClH/c1-14(23(2)13-18-21-19(12-20)24-22-18)15-8-10-17(11-9-15)16-6-4-3-5-7-16;/h3-11,14H,12-13,20H2,1-2H3;1H. The van der Waals surface area contributed by atoms with Crippen LogP contribution in [-0.4, -0.2) is 22.1 Å². The highest BCUT2D eigenvalue weighted by atomic mass is 35.5. The van der Waals surface area contributed by atoms with Crippen molar-refractivity contribution in [3.05, 3.63) is 71.9 Å². The molecule has 1 unspecified atom stereocenters. The second-order valence-corrected chi connectivity index (χ2v) is 5.89. The summed E-state index contributed by atoms with van der Waals surface area (Å²) in [5, 5.41) is 3.95. The first kappa shape index (κ1) is 19.1. The third kappa shape index (κ3) is 4.66. The Bertz CT molecular complexity index is 774. The molecule has 2 N–H and O–H groups in total. The summed E-state index contributed by atoms with van der Waals surface area (Å²) in [6.07, 6.45) is 0. The Kier molecular flexibility index (Phi) is 6.70. The molecule has 132 valence electrons. The van der Waals surface area contributed by atoms with Crippen LogP contribution in [-0.2, 0) is 13.1 Å². The molecular weight excluding hydrogens is 336 g/mol. The van der Waals surface area contributed by atoms with Crippen molar-refractivity contribution in [3.63, 3.8) is 0 Å². The van der Waals surface area contributed by atoms with Crippen LogP contribution in [0.5, 0.6) is 0 Å². The van der Waals surface area contributed by atoms with Crippen molar-refractivity contribution in [1.29, 1.82) is 0 Å². The first-order chi connectivity index (χ1) is 11.7. The van der Waals surface area contributed by atoms with E-state index in [1.54, 1.807) is 0 Å². The number of nitrogens with zero attached hydrogens (tertiary/aromatic N) is 3. The number of aromatic nitrogens is 2. The van der Waals surface area contributed by atoms with E-state index in [1.807, 2.05) is 13.1 Å². The summed E-state index contributed by atoms with van der Waals surface area (Å²) in [5.41, 5.74) is 9.20. The Morgan fingerprint density at radius 2 is 1.68 bits per heavy atom. The van der Waals surface area contributed by atoms with Crippen LogP contribution < -0.4 is 5.73 Å². The Balaban J connectivity index is 0.00000225. The minimum Gasteiger partial charge on any atom is -0.338 e. The summed E-state index contributed by atoms with van der Waals surface area (Å²) in [5.74, 6) is 1.13. The normalized spacial score (nSPS) is 12.0. The lowest BCUT2D eigenvalue weighted by molar-refractivity contribution is 0.242. The predicted molar refractivity (Wildman–Crippen MR) is 101 cm³/mol. The summed E-state index contributed by atoms with van der Waals surface area (Å²) in [6.45, 7) is 3.06. The van der Waals surface area contributed by atoms with E-state index in [2.05, 4.69) is 70.5 Å². The van der Waals surface area contributed by atoms with Gasteiger partial charge in [-0.2, -0.15) is 4.98 Å². The summed E-state index contributed by atoms with van der Waals surface area (Å²) in [4.78, 5) is 6.44. The number of nitrogens with two attached hydrogens (primary N) is 1. The van der Waals surface area contributed by atoms with E-state index in [4.69, 9.17) is 10.3 Å². The van der Waals surface area contributed by atoms with Gasteiger partial charge in [-0.05, 0) is 30.7 Å². The Labute approximate surface area is 154 Å². The average molecular weight is 359 g/mol. The maximum atomic E-state index is 5.50. The van der Waals surface area contributed by atoms with E-state index in [-0.39, 0.29) is 25.0 Å². The van der Waals surface area contributed by atoms with Crippen molar-refractivity contribution in [1.82, 2.24) is 15.0 Å². The molecule has 0 aliphatic carbocycles. The van der Waals surface area contributed by atoms with E-state index in [0.717, 1.165) is 0 Å². The minimum absolute atomic E-state index is 0. The molecule has 2 aromatic carbocycles. The zero-order valence-electron chi connectivity index (χ0n) is 14.4. The number of halogens is 1. The second kappa shape index (κ2) is 8.76. The highest BCUT2D eigenvalue weighted by Gasteiger charge is 2.15. The van der Waals surface area contributed by atoms with Crippen LogP contribution in [0.1, 0.15) is 30.2 Å². The molecular formula is C19H23ClN4O. The van der Waals surface area contributed by atoms with E-state index in [9.17, 15) is 0 Å². The molecule has 0 aliphatic heterocycles. The molecule has 0 saturated heterocycles. The van der Waals surface area contributed by atoms with Gasteiger partial charge < -0.3 is 10.3 Å². The van der Waals surface area contributed by atoms with Crippen molar-refractivity contribution < 1.29 is 4.52 Å². The van der Waals surface area contributed by atoms with E-state index in [1.165, 1.54) is 16.7 Å². The molecule has 25 heavy (non-hydrogen) atoms. The molecule has 0 aliphatic rings. The van der Waals surface area contributed by atoms with Gasteiger partial charge in [0.15, 0.2) is 5.82 Å². The molecule has 3 rings (SSSR count). The second-order valence-electron chi connectivity index (χ2n) is 5.89. The van der Waals surface area contributed by atoms with Crippen LogP contribution in [0.4, 0.5) is 0 Å². The van der Waals surface area contributed by atoms with Gasteiger partial charge in [-0.3, -0.25) is 4.90 Å². The highest BCUT2D eigenvalue weighted by Crippen LogP contribution is 2.24. The Morgan fingerprint density at radius 1 is 1.04 bits per heavy atom. The van der Waals surface area contributed by atoms with Crippen LogP contribution in [0, 0.1) is 0 Å². The van der Waals surface area contributed by atoms with Gasteiger partial charge in [0, 0.05) is 6.04 Å². The van der Waals surface area contributed by atoms with E-state index < -0.39 is 0 Å². The molecule has 1 heterocycles. The van der Waals surface area contributed by atoms with Crippen molar-refractivity contribution in [3.8, 4) is 11.1 Å². The maximum absolute atomic E-state index is 5.50. The van der Waals surface area contributed by atoms with Gasteiger partial charge in [0.2, 0.25) is 5.89 Å². The topological polar surface area (TPSA) is 68.2 Å². The SMILES string of the molecule is CC(c1ccc(-c2ccccc2)cc1)N(C)Cc1noc(CN)n1.Cl. The van der Waals surface area contributed by atoms with E-state index in [0.29, 0.717) is 18.3 Å². The molecule has 0 spiro atoms. The maximum Gasteiger partial charge on any atom is 0.240 e. The minimum atomic E-state index is 0. The lowest BCUT2D eigenvalue weighted by Gasteiger charge is -2.23.